The summed E-state index contributed by atoms with van der Waals surface area (Å²) in [4.78, 5) is 11.7. The van der Waals surface area contributed by atoms with Crippen molar-refractivity contribution >= 4 is 44.0 Å². The maximum atomic E-state index is 11.7. The fourth-order valence-electron chi connectivity index (χ4n) is 1.78. The third-order valence-electron chi connectivity index (χ3n) is 3.04. The van der Waals surface area contributed by atoms with Gasteiger partial charge in [-0.3, -0.25) is 4.79 Å². The van der Waals surface area contributed by atoms with E-state index in [9.17, 15) is 4.79 Å². The van der Waals surface area contributed by atoms with Crippen molar-refractivity contribution in [3.8, 4) is 5.75 Å². The second-order valence-corrected chi connectivity index (χ2v) is 6.52. The van der Waals surface area contributed by atoms with Crippen molar-refractivity contribution < 1.29 is 9.53 Å². The second-order valence-electron chi connectivity index (χ2n) is 4.75. The smallest absolute Gasteiger partial charge is 0.277 e. The molecule has 0 aliphatic heterocycles. The molecule has 0 unspecified atom stereocenters. The van der Waals surface area contributed by atoms with Gasteiger partial charge in [0.25, 0.3) is 5.91 Å². The molecule has 1 N–H and O–H groups in total. The van der Waals surface area contributed by atoms with Gasteiger partial charge in [0.2, 0.25) is 0 Å². The van der Waals surface area contributed by atoms with Crippen molar-refractivity contribution in [1.29, 1.82) is 0 Å². The molecule has 0 spiro atoms. The van der Waals surface area contributed by atoms with Crippen LogP contribution in [0.15, 0.2) is 56.5 Å². The van der Waals surface area contributed by atoms with Crippen LogP contribution in [0.25, 0.3) is 0 Å². The SMILES string of the molecule is CCc1ccc(OCC(=O)NN=Cc2ccc(Br)cc2)c(Br)c1. The third kappa shape index (κ3) is 5.80. The fourth-order valence-corrected chi connectivity index (χ4v) is 2.59. The predicted molar refractivity (Wildman–Crippen MR) is 98.9 cm³/mol. The average molecular weight is 440 g/mol. The first-order chi connectivity index (χ1) is 11.1. The number of rotatable bonds is 6. The van der Waals surface area contributed by atoms with E-state index in [1.807, 2.05) is 42.5 Å². The van der Waals surface area contributed by atoms with Crippen molar-refractivity contribution in [2.45, 2.75) is 13.3 Å². The maximum Gasteiger partial charge on any atom is 0.277 e. The van der Waals surface area contributed by atoms with Gasteiger partial charge in [-0.05, 0) is 57.7 Å². The summed E-state index contributed by atoms with van der Waals surface area (Å²) >= 11 is 6.80. The molecule has 6 heteroatoms. The fraction of sp³-hybridized carbons (Fsp3) is 0.176. The third-order valence-corrected chi connectivity index (χ3v) is 4.18. The molecule has 0 saturated carbocycles. The first-order valence-electron chi connectivity index (χ1n) is 7.07. The number of halogens is 2. The van der Waals surface area contributed by atoms with Crippen LogP contribution in [-0.4, -0.2) is 18.7 Å². The molecule has 2 aromatic carbocycles. The highest BCUT2D eigenvalue weighted by atomic mass is 79.9. The summed E-state index contributed by atoms with van der Waals surface area (Å²) in [5, 5.41) is 3.90. The summed E-state index contributed by atoms with van der Waals surface area (Å²) in [6, 6.07) is 13.4. The molecule has 1 amide bonds. The molecule has 0 aliphatic carbocycles. The Morgan fingerprint density at radius 3 is 2.61 bits per heavy atom. The quantitative estimate of drug-likeness (QED) is 0.538. The summed E-state index contributed by atoms with van der Waals surface area (Å²) in [6.07, 6.45) is 2.53. The Morgan fingerprint density at radius 2 is 1.96 bits per heavy atom. The Bertz CT molecular complexity index is 700. The predicted octanol–water partition coefficient (Wildman–Crippen LogP) is 4.30. The van der Waals surface area contributed by atoms with Crippen molar-refractivity contribution in [3.05, 3.63) is 62.5 Å². The van der Waals surface area contributed by atoms with Gasteiger partial charge in [0, 0.05) is 4.47 Å². The van der Waals surface area contributed by atoms with Gasteiger partial charge in [0.05, 0.1) is 10.7 Å². The van der Waals surface area contributed by atoms with E-state index >= 15 is 0 Å². The van der Waals surface area contributed by atoms with Gasteiger partial charge >= 0.3 is 0 Å². The first kappa shape index (κ1) is 17.7. The number of benzene rings is 2. The van der Waals surface area contributed by atoms with Crippen molar-refractivity contribution in [1.82, 2.24) is 5.43 Å². The summed E-state index contributed by atoms with van der Waals surface area (Å²) in [5.74, 6) is 0.319. The van der Waals surface area contributed by atoms with E-state index in [0.717, 1.165) is 20.9 Å². The minimum absolute atomic E-state index is 0.0955. The summed E-state index contributed by atoms with van der Waals surface area (Å²) in [7, 11) is 0. The summed E-state index contributed by atoms with van der Waals surface area (Å²) in [6.45, 7) is 1.99. The van der Waals surface area contributed by atoms with Gasteiger partial charge in [-0.15, -0.1) is 0 Å². The van der Waals surface area contributed by atoms with Crippen LogP contribution in [0.5, 0.6) is 5.75 Å². The van der Waals surface area contributed by atoms with E-state index in [1.54, 1.807) is 6.21 Å². The van der Waals surface area contributed by atoms with E-state index in [4.69, 9.17) is 4.74 Å². The molecular weight excluding hydrogens is 424 g/mol. The monoisotopic (exact) mass is 438 g/mol. The molecule has 4 nitrogen and oxygen atoms in total. The number of hydrazone groups is 1. The van der Waals surface area contributed by atoms with Crippen LogP contribution in [0.2, 0.25) is 0 Å². The van der Waals surface area contributed by atoms with Gasteiger partial charge < -0.3 is 4.74 Å². The number of aryl methyl sites for hydroxylation is 1. The van der Waals surface area contributed by atoms with Gasteiger partial charge in [0.1, 0.15) is 5.75 Å². The van der Waals surface area contributed by atoms with Crippen LogP contribution in [-0.2, 0) is 11.2 Å². The Hall–Kier alpha value is -1.66. The number of carbonyl (C=O) groups excluding carboxylic acids is 1. The Kier molecular flexibility index (Phi) is 6.80. The Labute approximate surface area is 152 Å². The van der Waals surface area contributed by atoms with Crippen LogP contribution in [0.1, 0.15) is 18.1 Å². The van der Waals surface area contributed by atoms with Crippen LogP contribution >= 0.6 is 31.9 Å². The van der Waals surface area contributed by atoms with Gasteiger partial charge in [-0.25, -0.2) is 5.43 Å². The number of hydrogen-bond donors (Lipinski definition) is 1. The molecule has 0 atom stereocenters. The van der Waals surface area contributed by atoms with E-state index in [1.165, 1.54) is 5.56 Å². The highest BCUT2D eigenvalue weighted by Crippen LogP contribution is 2.26. The molecule has 2 aromatic rings. The molecule has 0 aliphatic rings. The molecule has 0 aromatic heterocycles. The lowest BCUT2D eigenvalue weighted by Gasteiger charge is -2.08. The molecule has 23 heavy (non-hydrogen) atoms. The zero-order chi connectivity index (χ0) is 16.7. The van der Waals surface area contributed by atoms with E-state index in [0.29, 0.717) is 5.75 Å². The molecule has 0 heterocycles. The lowest BCUT2D eigenvalue weighted by molar-refractivity contribution is -0.123. The summed E-state index contributed by atoms with van der Waals surface area (Å²) in [5.41, 5.74) is 4.53. The van der Waals surface area contributed by atoms with Crippen LogP contribution < -0.4 is 10.2 Å². The molecule has 120 valence electrons. The minimum Gasteiger partial charge on any atom is -0.483 e. The zero-order valence-corrected chi connectivity index (χ0v) is 15.7. The van der Waals surface area contributed by atoms with E-state index in [2.05, 4.69) is 49.3 Å². The minimum atomic E-state index is -0.315. The molecule has 0 radical (unpaired) electrons. The normalized spacial score (nSPS) is 10.7. The van der Waals surface area contributed by atoms with Gasteiger partial charge in [0.15, 0.2) is 6.61 Å². The lowest BCUT2D eigenvalue weighted by atomic mass is 10.2. The Morgan fingerprint density at radius 1 is 1.22 bits per heavy atom. The van der Waals surface area contributed by atoms with Crippen LogP contribution in [0, 0.1) is 0 Å². The molecule has 0 saturated heterocycles. The zero-order valence-electron chi connectivity index (χ0n) is 12.6. The molecular formula is C17H16Br2N2O2. The van der Waals surface area contributed by atoms with Crippen LogP contribution in [0.4, 0.5) is 0 Å². The van der Waals surface area contributed by atoms with Crippen molar-refractivity contribution in [3.63, 3.8) is 0 Å². The standard InChI is InChI=1S/C17H16Br2N2O2/c1-2-12-5-8-16(15(19)9-12)23-11-17(22)21-20-10-13-3-6-14(18)7-4-13/h3-10H,2,11H2,1H3,(H,21,22). The molecule has 2 rings (SSSR count). The number of nitrogens with one attached hydrogen (secondary N) is 1. The van der Waals surface area contributed by atoms with Crippen LogP contribution in [0.3, 0.4) is 0 Å². The number of hydrogen-bond acceptors (Lipinski definition) is 3. The van der Waals surface area contributed by atoms with Gasteiger partial charge in [-0.1, -0.05) is 41.1 Å². The topological polar surface area (TPSA) is 50.7 Å². The van der Waals surface area contributed by atoms with Gasteiger partial charge in [-0.2, -0.15) is 5.10 Å². The highest BCUT2D eigenvalue weighted by molar-refractivity contribution is 9.10. The van der Waals surface area contributed by atoms with E-state index in [-0.39, 0.29) is 12.5 Å². The maximum absolute atomic E-state index is 11.7. The number of ether oxygens (including phenoxy) is 1. The Balaban J connectivity index is 1.82. The lowest BCUT2D eigenvalue weighted by Crippen LogP contribution is -2.24. The first-order valence-corrected chi connectivity index (χ1v) is 8.65. The largest absolute Gasteiger partial charge is 0.483 e. The average Bonchev–Trinajstić information content (AvgIpc) is 2.55. The number of amides is 1. The van der Waals surface area contributed by atoms with Crippen molar-refractivity contribution in [2.75, 3.05) is 6.61 Å². The van der Waals surface area contributed by atoms with E-state index < -0.39 is 0 Å². The number of carbonyl (C=O) groups is 1. The molecule has 0 bridgehead atoms. The number of nitrogens with zero attached hydrogens (tertiary/aromatic N) is 1. The summed E-state index contributed by atoms with van der Waals surface area (Å²) < 4.78 is 7.31. The van der Waals surface area contributed by atoms with Crippen molar-refractivity contribution in [2.24, 2.45) is 5.10 Å². The molecule has 0 fully saturated rings. The second kappa shape index (κ2) is 8.84. The highest BCUT2D eigenvalue weighted by Gasteiger charge is 2.05.